The number of primary amides is 1. The molecule has 0 spiro atoms. The molecule has 0 aliphatic heterocycles. The lowest BCUT2D eigenvalue weighted by molar-refractivity contribution is -0.120. The number of para-hydroxylation sites is 1. The molecule has 9 nitrogen and oxygen atoms in total. The maximum atomic E-state index is 12.7. The number of hydrogen-bond donors (Lipinski definition) is 3. The summed E-state index contributed by atoms with van der Waals surface area (Å²) in [4.78, 5) is 41.8. The number of hydrogen-bond acceptors (Lipinski definition) is 6. The third kappa shape index (κ3) is 6.57. The van der Waals surface area contributed by atoms with E-state index in [1.807, 2.05) is 31.2 Å². The van der Waals surface area contributed by atoms with Gasteiger partial charge in [0.1, 0.15) is 15.9 Å². The molecule has 3 aromatic rings. The summed E-state index contributed by atoms with van der Waals surface area (Å²) in [6.45, 7) is 2.16. The van der Waals surface area contributed by atoms with Gasteiger partial charge in [0.2, 0.25) is 5.91 Å². The first-order chi connectivity index (χ1) is 17.4. The Bertz CT molecular complexity index is 1210. The lowest BCUT2D eigenvalue weighted by Crippen LogP contribution is -2.44. The molecule has 0 saturated heterocycles. The molecule has 190 valence electrons. The zero-order chi connectivity index (χ0) is 25.5. The van der Waals surface area contributed by atoms with Gasteiger partial charge in [-0.3, -0.25) is 14.4 Å². The molecule has 1 aliphatic rings. The van der Waals surface area contributed by atoms with Crippen molar-refractivity contribution >= 4 is 29.1 Å². The number of amides is 3. The van der Waals surface area contributed by atoms with Crippen LogP contribution in [0.1, 0.15) is 75.5 Å². The molecule has 0 bridgehead atoms. The van der Waals surface area contributed by atoms with E-state index in [4.69, 9.17) is 5.73 Å². The van der Waals surface area contributed by atoms with Crippen LogP contribution >= 0.6 is 11.3 Å². The van der Waals surface area contributed by atoms with Crippen molar-refractivity contribution < 1.29 is 14.4 Å². The van der Waals surface area contributed by atoms with Crippen molar-refractivity contribution in [3.8, 4) is 5.69 Å². The number of thiazole rings is 1. The van der Waals surface area contributed by atoms with Gasteiger partial charge in [-0.05, 0) is 37.3 Å². The normalized spacial score (nSPS) is 14.8. The van der Waals surface area contributed by atoms with Gasteiger partial charge in [0.15, 0.2) is 0 Å². The minimum atomic E-state index is -0.700. The van der Waals surface area contributed by atoms with Crippen LogP contribution in [0.4, 0.5) is 0 Å². The molecule has 4 N–H and O–H groups in total. The summed E-state index contributed by atoms with van der Waals surface area (Å²) in [5.41, 5.74) is 7.93. The topological polar surface area (TPSA) is 132 Å². The molecule has 10 heteroatoms. The van der Waals surface area contributed by atoms with Crippen molar-refractivity contribution in [3.05, 3.63) is 63.9 Å². The van der Waals surface area contributed by atoms with E-state index in [1.54, 1.807) is 10.9 Å². The van der Waals surface area contributed by atoms with Gasteiger partial charge in [-0.25, -0.2) is 9.67 Å². The Morgan fingerprint density at radius 1 is 1.14 bits per heavy atom. The monoisotopic (exact) mass is 508 g/mol. The predicted octanol–water partition coefficient (Wildman–Crippen LogP) is 3.51. The number of aromatic nitrogens is 3. The van der Waals surface area contributed by atoms with Crippen LogP contribution in [0.25, 0.3) is 5.69 Å². The van der Waals surface area contributed by atoms with Crippen molar-refractivity contribution in [2.75, 3.05) is 0 Å². The van der Waals surface area contributed by atoms with E-state index in [9.17, 15) is 14.4 Å². The maximum Gasteiger partial charge on any atom is 0.263 e. The second-order valence-corrected chi connectivity index (χ2v) is 10.4. The fourth-order valence-electron chi connectivity index (χ4n) is 4.54. The molecule has 2 aromatic heterocycles. The van der Waals surface area contributed by atoms with E-state index < -0.39 is 11.9 Å². The number of benzene rings is 1. The third-order valence-electron chi connectivity index (χ3n) is 6.62. The van der Waals surface area contributed by atoms with Crippen molar-refractivity contribution in [1.29, 1.82) is 0 Å². The minimum Gasteiger partial charge on any atom is -0.368 e. The molecule has 1 aliphatic carbocycles. The second kappa shape index (κ2) is 11.9. The van der Waals surface area contributed by atoms with Crippen molar-refractivity contribution in [2.24, 2.45) is 11.7 Å². The van der Waals surface area contributed by atoms with Gasteiger partial charge < -0.3 is 16.4 Å². The Balaban J connectivity index is 1.29. The predicted molar refractivity (Wildman–Crippen MR) is 138 cm³/mol. The van der Waals surface area contributed by atoms with E-state index in [0.29, 0.717) is 27.8 Å². The number of nitrogens with one attached hydrogen (secondary N) is 2. The molecule has 3 amide bonds. The molecule has 2 heterocycles. The van der Waals surface area contributed by atoms with Crippen LogP contribution in [-0.4, -0.2) is 38.5 Å². The fourth-order valence-corrected chi connectivity index (χ4v) is 5.30. The smallest absolute Gasteiger partial charge is 0.263 e. The summed E-state index contributed by atoms with van der Waals surface area (Å²) in [6, 6.07) is 7.08. The van der Waals surface area contributed by atoms with Crippen molar-refractivity contribution in [3.63, 3.8) is 0 Å². The van der Waals surface area contributed by atoms with Gasteiger partial charge >= 0.3 is 0 Å². The Labute approximate surface area is 214 Å². The van der Waals surface area contributed by atoms with Gasteiger partial charge in [0, 0.05) is 6.20 Å². The third-order valence-corrected chi connectivity index (χ3v) is 7.62. The molecular formula is C26H32N6O3S. The number of aryl methyl sites for hydroxylation is 1. The summed E-state index contributed by atoms with van der Waals surface area (Å²) < 4.78 is 1.67. The van der Waals surface area contributed by atoms with E-state index in [1.165, 1.54) is 55.8 Å². The van der Waals surface area contributed by atoms with Crippen molar-refractivity contribution in [2.45, 2.75) is 64.5 Å². The van der Waals surface area contributed by atoms with Crippen LogP contribution in [0.3, 0.4) is 0 Å². The lowest BCUT2D eigenvalue weighted by Gasteiger charge is -2.23. The van der Waals surface area contributed by atoms with E-state index in [-0.39, 0.29) is 18.4 Å². The Morgan fingerprint density at radius 2 is 1.92 bits per heavy atom. The molecule has 1 atom stereocenters. The number of carbonyl (C=O) groups is 3. The molecule has 4 rings (SSSR count). The first kappa shape index (κ1) is 25.6. The summed E-state index contributed by atoms with van der Waals surface area (Å²) >= 11 is 1.17. The van der Waals surface area contributed by atoms with E-state index >= 15 is 0 Å². The van der Waals surface area contributed by atoms with Gasteiger partial charge in [-0.1, -0.05) is 50.3 Å². The molecular weight excluding hydrogens is 476 g/mol. The highest BCUT2D eigenvalue weighted by Gasteiger charge is 2.23. The number of carbonyl (C=O) groups excluding carboxylic acids is 3. The minimum absolute atomic E-state index is 0.174. The number of nitrogens with two attached hydrogens (primary N) is 1. The highest BCUT2D eigenvalue weighted by Crippen LogP contribution is 2.27. The molecule has 1 fully saturated rings. The van der Waals surface area contributed by atoms with Gasteiger partial charge in [-0.15, -0.1) is 11.3 Å². The van der Waals surface area contributed by atoms with Crippen LogP contribution < -0.4 is 16.4 Å². The highest BCUT2D eigenvalue weighted by atomic mass is 32.1. The van der Waals surface area contributed by atoms with E-state index in [0.717, 1.165) is 17.7 Å². The molecule has 1 aromatic carbocycles. The molecule has 36 heavy (non-hydrogen) atoms. The standard InChI is InChI=1S/C26H32N6O3S/c1-17-7-5-6-10-21(17)32-16-19(13-30-32)25(34)29-15-23-28-14-22(36-23)26(35)31-20(24(27)33)12-11-18-8-3-2-4-9-18/h5-7,10,13-14,16,18,20H,2-4,8-9,11-12,15H2,1H3,(H2,27,33)(H,29,34)(H,31,35)/t20-/m0/s1. The molecule has 0 radical (unpaired) electrons. The quantitative estimate of drug-likeness (QED) is 0.386. The Morgan fingerprint density at radius 3 is 2.67 bits per heavy atom. The Hall–Kier alpha value is -3.53. The highest BCUT2D eigenvalue weighted by molar-refractivity contribution is 7.13. The van der Waals surface area contributed by atoms with Crippen LogP contribution in [0.5, 0.6) is 0 Å². The van der Waals surface area contributed by atoms with Gasteiger partial charge in [-0.2, -0.15) is 5.10 Å². The largest absolute Gasteiger partial charge is 0.368 e. The van der Waals surface area contributed by atoms with Crippen LogP contribution in [0.2, 0.25) is 0 Å². The summed E-state index contributed by atoms with van der Waals surface area (Å²) in [5.74, 6) is -0.591. The van der Waals surface area contributed by atoms with Crippen molar-refractivity contribution in [1.82, 2.24) is 25.4 Å². The average molecular weight is 509 g/mol. The first-order valence-corrected chi connectivity index (χ1v) is 13.2. The van der Waals surface area contributed by atoms with Gasteiger partial charge in [0.25, 0.3) is 11.8 Å². The summed E-state index contributed by atoms with van der Waals surface area (Å²) in [7, 11) is 0. The summed E-state index contributed by atoms with van der Waals surface area (Å²) in [6.07, 6.45) is 12.2. The number of rotatable bonds is 10. The van der Waals surface area contributed by atoms with Crippen LogP contribution in [-0.2, 0) is 11.3 Å². The molecule has 0 unspecified atom stereocenters. The van der Waals surface area contributed by atoms with Crippen LogP contribution in [0.15, 0.2) is 42.9 Å². The average Bonchev–Trinajstić information content (AvgIpc) is 3.56. The number of nitrogens with zero attached hydrogens (tertiary/aromatic N) is 3. The zero-order valence-electron chi connectivity index (χ0n) is 20.4. The first-order valence-electron chi connectivity index (χ1n) is 12.3. The SMILES string of the molecule is Cc1ccccc1-n1cc(C(=O)NCc2ncc(C(=O)N[C@@H](CCC3CCCCC3)C(N)=O)s2)cn1. The zero-order valence-corrected chi connectivity index (χ0v) is 21.2. The Kier molecular flexibility index (Phi) is 8.48. The van der Waals surface area contributed by atoms with Crippen LogP contribution in [0, 0.1) is 12.8 Å². The second-order valence-electron chi connectivity index (χ2n) is 9.27. The maximum absolute atomic E-state index is 12.7. The van der Waals surface area contributed by atoms with E-state index in [2.05, 4.69) is 20.7 Å². The lowest BCUT2D eigenvalue weighted by atomic mass is 9.85. The van der Waals surface area contributed by atoms with Gasteiger partial charge in [0.05, 0.1) is 30.2 Å². The summed E-state index contributed by atoms with van der Waals surface area (Å²) in [5, 5.41) is 10.4. The fraction of sp³-hybridized carbons (Fsp3) is 0.423. The molecule has 1 saturated carbocycles.